The molecule has 1 aromatic heterocycles. The average molecular weight is 483 g/mol. The summed E-state index contributed by atoms with van der Waals surface area (Å²) in [6, 6.07) is 11.9. The Morgan fingerprint density at radius 1 is 1.19 bits per heavy atom. The monoisotopic (exact) mass is 482 g/mol. The summed E-state index contributed by atoms with van der Waals surface area (Å²) in [6.45, 7) is 6.13. The van der Waals surface area contributed by atoms with Crippen molar-refractivity contribution in [2.75, 3.05) is 0 Å². The summed E-state index contributed by atoms with van der Waals surface area (Å²) in [5.41, 5.74) is 2.92. The van der Waals surface area contributed by atoms with Crippen LogP contribution in [0.2, 0.25) is 5.02 Å². The van der Waals surface area contributed by atoms with E-state index in [1.165, 1.54) is 5.56 Å². The molecule has 0 saturated heterocycles. The summed E-state index contributed by atoms with van der Waals surface area (Å²) in [6.07, 6.45) is 2.27. The van der Waals surface area contributed by atoms with E-state index in [2.05, 4.69) is 51.8 Å². The van der Waals surface area contributed by atoms with E-state index in [9.17, 15) is 0 Å². The number of hydrogen-bond donors (Lipinski definition) is 0. The molecule has 0 unspecified atom stereocenters. The number of hydrogen-bond acceptors (Lipinski definition) is 4. The van der Waals surface area contributed by atoms with Gasteiger partial charge in [-0.25, -0.2) is 0 Å². The minimum absolute atomic E-state index is 0.0814. The number of aromatic nitrogens is 2. The Balaban J connectivity index is 1.88. The molecule has 6 heteroatoms. The lowest BCUT2D eigenvalue weighted by Crippen LogP contribution is -2.06. The first-order valence-electron chi connectivity index (χ1n) is 8.57. The predicted octanol–water partition coefficient (Wildman–Crippen LogP) is 6.40. The molecule has 4 nitrogen and oxygen atoms in total. The van der Waals surface area contributed by atoms with Gasteiger partial charge in [0.25, 0.3) is 5.89 Å². The Kier molecular flexibility index (Phi) is 6.19. The molecule has 0 spiro atoms. The highest BCUT2D eigenvalue weighted by molar-refractivity contribution is 14.1. The number of aryl methyl sites for hydroxylation is 1. The molecule has 2 aromatic carbocycles. The number of halogens is 2. The van der Waals surface area contributed by atoms with Gasteiger partial charge in [-0.15, -0.1) is 0 Å². The first kappa shape index (κ1) is 19.2. The highest BCUT2D eigenvalue weighted by Gasteiger charge is 2.16. The van der Waals surface area contributed by atoms with Crippen LogP contribution in [0.1, 0.15) is 32.8 Å². The first-order valence-corrected chi connectivity index (χ1v) is 10.0. The molecule has 0 saturated carbocycles. The van der Waals surface area contributed by atoms with Gasteiger partial charge in [0.2, 0.25) is 5.82 Å². The van der Waals surface area contributed by atoms with Crippen LogP contribution < -0.4 is 4.74 Å². The summed E-state index contributed by atoms with van der Waals surface area (Å²) < 4.78 is 12.2. The van der Waals surface area contributed by atoms with Gasteiger partial charge in [-0.1, -0.05) is 42.2 Å². The second kappa shape index (κ2) is 8.39. The van der Waals surface area contributed by atoms with Crippen molar-refractivity contribution in [3.63, 3.8) is 0 Å². The SMILES string of the molecule is CCCc1ccc(-c2nc(-c3cc(I)c(OC(C)C)cc3Cl)no2)cc1. The molecular weight excluding hydrogens is 463 g/mol. The normalized spacial score (nSPS) is 11.2. The predicted molar refractivity (Wildman–Crippen MR) is 113 cm³/mol. The fourth-order valence-electron chi connectivity index (χ4n) is 2.60. The van der Waals surface area contributed by atoms with Gasteiger partial charge < -0.3 is 9.26 Å². The van der Waals surface area contributed by atoms with Crippen LogP contribution in [0.25, 0.3) is 22.8 Å². The lowest BCUT2D eigenvalue weighted by molar-refractivity contribution is 0.240. The van der Waals surface area contributed by atoms with Crippen LogP contribution in [0.5, 0.6) is 5.75 Å². The van der Waals surface area contributed by atoms with Gasteiger partial charge in [0.05, 0.1) is 14.7 Å². The zero-order chi connectivity index (χ0) is 18.7. The Morgan fingerprint density at radius 3 is 2.58 bits per heavy atom. The molecule has 0 atom stereocenters. The van der Waals surface area contributed by atoms with Gasteiger partial charge in [0.1, 0.15) is 5.75 Å². The summed E-state index contributed by atoms with van der Waals surface area (Å²) in [5, 5.41) is 4.63. The molecular formula is C20H20ClIN2O2. The maximum atomic E-state index is 6.43. The van der Waals surface area contributed by atoms with Crippen molar-refractivity contribution >= 4 is 34.2 Å². The number of rotatable bonds is 6. The maximum absolute atomic E-state index is 6.43. The second-order valence-corrected chi connectivity index (χ2v) is 7.87. The van der Waals surface area contributed by atoms with E-state index >= 15 is 0 Å². The zero-order valence-electron chi connectivity index (χ0n) is 14.9. The lowest BCUT2D eigenvalue weighted by atomic mass is 10.1. The summed E-state index contributed by atoms with van der Waals surface area (Å²) in [5.74, 6) is 1.71. The maximum Gasteiger partial charge on any atom is 0.258 e. The van der Waals surface area contributed by atoms with Crippen molar-refractivity contribution in [1.82, 2.24) is 10.1 Å². The summed E-state index contributed by atoms with van der Waals surface area (Å²) >= 11 is 8.65. The van der Waals surface area contributed by atoms with Crippen LogP contribution in [0.15, 0.2) is 40.9 Å². The van der Waals surface area contributed by atoms with Crippen LogP contribution in [0, 0.1) is 3.57 Å². The molecule has 0 aliphatic rings. The zero-order valence-corrected chi connectivity index (χ0v) is 17.8. The van der Waals surface area contributed by atoms with Crippen molar-refractivity contribution in [3.8, 4) is 28.6 Å². The Morgan fingerprint density at radius 2 is 1.92 bits per heavy atom. The molecule has 3 rings (SSSR count). The van der Waals surface area contributed by atoms with Gasteiger partial charge in [-0.3, -0.25) is 0 Å². The Bertz CT molecular complexity index is 891. The second-order valence-electron chi connectivity index (χ2n) is 6.30. The highest BCUT2D eigenvalue weighted by Crippen LogP contribution is 2.35. The van der Waals surface area contributed by atoms with Crippen molar-refractivity contribution in [2.45, 2.75) is 39.7 Å². The third kappa shape index (κ3) is 4.38. The molecule has 0 radical (unpaired) electrons. The fraction of sp³-hybridized carbons (Fsp3) is 0.300. The molecule has 0 N–H and O–H groups in total. The molecule has 0 amide bonds. The third-order valence-electron chi connectivity index (χ3n) is 3.79. The van der Waals surface area contributed by atoms with Crippen molar-refractivity contribution in [3.05, 3.63) is 50.6 Å². The lowest BCUT2D eigenvalue weighted by Gasteiger charge is -2.13. The van der Waals surface area contributed by atoms with Gasteiger partial charge in [0.15, 0.2) is 0 Å². The molecule has 136 valence electrons. The molecule has 26 heavy (non-hydrogen) atoms. The van der Waals surface area contributed by atoms with E-state index in [0.717, 1.165) is 33.3 Å². The number of ether oxygens (including phenoxy) is 1. The van der Waals surface area contributed by atoms with Gasteiger partial charge in [-0.2, -0.15) is 4.98 Å². The van der Waals surface area contributed by atoms with Crippen LogP contribution in [-0.4, -0.2) is 16.2 Å². The fourth-order valence-corrected chi connectivity index (χ4v) is 3.43. The van der Waals surface area contributed by atoms with E-state index < -0.39 is 0 Å². The third-order valence-corrected chi connectivity index (χ3v) is 4.95. The van der Waals surface area contributed by atoms with Crippen LogP contribution >= 0.6 is 34.2 Å². The number of benzene rings is 2. The van der Waals surface area contributed by atoms with Crippen LogP contribution in [0.3, 0.4) is 0 Å². The van der Waals surface area contributed by atoms with Gasteiger partial charge >= 0.3 is 0 Å². The molecule has 0 bridgehead atoms. The quantitative estimate of drug-likeness (QED) is 0.381. The molecule has 0 aliphatic heterocycles. The first-order chi connectivity index (χ1) is 12.5. The van der Waals surface area contributed by atoms with Crippen LogP contribution in [0.4, 0.5) is 0 Å². The summed E-state index contributed by atoms with van der Waals surface area (Å²) in [4.78, 5) is 4.51. The molecule has 0 fully saturated rings. The molecule has 3 aromatic rings. The molecule has 0 aliphatic carbocycles. The van der Waals surface area contributed by atoms with Crippen LogP contribution in [-0.2, 0) is 6.42 Å². The van der Waals surface area contributed by atoms with Gasteiger partial charge in [0, 0.05) is 17.2 Å². The standard InChI is InChI=1S/C20H20ClIN2O2/c1-4-5-13-6-8-14(9-7-13)20-23-19(24-26-20)15-10-17(22)18(11-16(15)21)25-12(2)3/h6-12H,4-5H2,1-3H3. The van der Waals surface area contributed by atoms with E-state index in [1.54, 1.807) is 6.07 Å². The Labute approximate surface area is 172 Å². The minimum Gasteiger partial charge on any atom is -0.490 e. The van der Waals surface area contributed by atoms with Crippen molar-refractivity contribution < 1.29 is 9.26 Å². The van der Waals surface area contributed by atoms with E-state index in [4.69, 9.17) is 20.9 Å². The van der Waals surface area contributed by atoms with Crippen molar-refractivity contribution in [2.24, 2.45) is 0 Å². The largest absolute Gasteiger partial charge is 0.490 e. The summed E-state index contributed by atoms with van der Waals surface area (Å²) in [7, 11) is 0. The van der Waals surface area contributed by atoms with E-state index in [0.29, 0.717) is 16.7 Å². The van der Waals surface area contributed by atoms with Crippen molar-refractivity contribution in [1.29, 1.82) is 0 Å². The smallest absolute Gasteiger partial charge is 0.258 e. The van der Waals surface area contributed by atoms with E-state index in [1.807, 2.05) is 32.0 Å². The van der Waals surface area contributed by atoms with E-state index in [-0.39, 0.29) is 6.10 Å². The van der Waals surface area contributed by atoms with Gasteiger partial charge in [-0.05, 0) is 66.6 Å². The molecule has 1 heterocycles. The topological polar surface area (TPSA) is 48.2 Å². The Hall–Kier alpha value is -1.60. The highest BCUT2D eigenvalue weighted by atomic mass is 127. The average Bonchev–Trinajstić information content (AvgIpc) is 3.08. The number of nitrogens with zero attached hydrogens (tertiary/aromatic N) is 2. The minimum atomic E-state index is 0.0814.